The lowest BCUT2D eigenvalue weighted by atomic mass is 9.85. The number of benzene rings is 1. The van der Waals surface area contributed by atoms with Crippen LogP contribution in [-0.4, -0.2) is 0 Å². The van der Waals surface area contributed by atoms with Crippen molar-refractivity contribution in [2.24, 2.45) is 0 Å². The molecule has 0 amide bonds. The number of nitriles is 2. The van der Waals surface area contributed by atoms with E-state index in [4.69, 9.17) is 5.26 Å². The van der Waals surface area contributed by atoms with Crippen LogP contribution >= 0.6 is 0 Å². The van der Waals surface area contributed by atoms with Gasteiger partial charge in [-0.25, -0.2) is 0 Å². The lowest BCUT2D eigenvalue weighted by molar-refractivity contribution is 0.846. The van der Waals surface area contributed by atoms with Gasteiger partial charge in [0.25, 0.3) is 0 Å². The van der Waals surface area contributed by atoms with Gasteiger partial charge in [0.2, 0.25) is 0 Å². The molecule has 0 saturated heterocycles. The van der Waals surface area contributed by atoms with Crippen LogP contribution in [0.2, 0.25) is 0 Å². The number of hydrogen-bond acceptors (Lipinski definition) is 2. The topological polar surface area (TPSA) is 47.6 Å². The van der Waals surface area contributed by atoms with E-state index in [9.17, 15) is 5.26 Å². The average molecular weight is 268 g/mol. The zero-order chi connectivity index (χ0) is 15.0. The maximum Gasteiger partial charge on any atom is 0.0997 e. The minimum Gasteiger partial charge on any atom is -0.198 e. The van der Waals surface area contributed by atoms with E-state index < -0.39 is 0 Å². The van der Waals surface area contributed by atoms with Crippen molar-refractivity contribution in [1.29, 1.82) is 10.5 Å². The fourth-order valence-corrected chi connectivity index (χ4v) is 2.83. The molecule has 0 unspecified atom stereocenters. The number of rotatable bonds is 7. The molecule has 2 heteroatoms. The molecule has 1 rings (SSSR count). The predicted molar refractivity (Wildman–Crippen MR) is 82.5 cm³/mol. The van der Waals surface area contributed by atoms with Gasteiger partial charge in [0, 0.05) is 0 Å². The SMILES string of the molecule is CCCc1cc(CCC)c(CC#N)c(CCC)c1C#N. The van der Waals surface area contributed by atoms with Crippen molar-refractivity contribution in [2.45, 2.75) is 65.7 Å². The van der Waals surface area contributed by atoms with Gasteiger partial charge in [-0.15, -0.1) is 0 Å². The third-order valence-corrected chi connectivity index (χ3v) is 3.63. The van der Waals surface area contributed by atoms with Gasteiger partial charge in [0.1, 0.15) is 0 Å². The highest BCUT2D eigenvalue weighted by Gasteiger charge is 2.16. The van der Waals surface area contributed by atoms with E-state index in [1.54, 1.807) is 0 Å². The number of aryl methyl sites for hydroxylation is 2. The zero-order valence-corrected chi connectivity index (χ0v) is 12.9. The van der Waals surface area contributed by atoms with Gasteiger partial charge < -0.3 is 0 Å². The van der Waals surface area contributed by atoms with Crippen LogP contribution in [0.3, 0.4) is 0 Å². The van der Waals surface area contributed by atoms with Gasteiger partial charge >= 0.3 is 0 Å². The van der Waals surface area contributed by atoms with E-state index in [1.165, 1.54) is 11.1 Å². The molecule has 106 valence electrons. The van der Waals surface area contributed by atoms with Crippen molar-refractivity contribution in [2.75, 3.05) is 0 Å². The van der Waals surface area contributed by atoms with Crippen LogP contribution in [0.5, 0.6) is 0 Å². The van der Waals surface area contributed by atoms with Crippen molar-refractivity contribution in [3.8, 4) is 12.1 Å². The van der Waals surface area contributed by atoms with Crippen molar-refractivity contribution in [1.82, 2.24) is 0 Å². The lowest BCUT2D eigenvalue weighted by Gasteiger charge is -2.17. The first-order valence-corrected chi connectivity index (χ1v) is 7.66. The summed E-state index contributed by atoms with van der Waals surface area (Å²) in [5, 5.41) is 18.6. The van der Waals surface area contributed by atoms with E-state index in [0.29, 0.717) is 6.42 Å². The monoisotopic (exact) mass is 268 g/mol. The Morgan fingerprint density at radius 1 is 0.850 bits per heavy atom. The van der Waals surface area contributed by atoms with Gasteiger partial charge in [-0.2, -0.15) is 10.5 Å². The van der Waals surface area contributed by atoms with Crippen molar-refractivity contribution in [3.63, 3.8) is 0 Å². The summed E-state index contributed by atoms with van der Waals surface area (Å²) in [6, 6.07) is 6.85. The van der Waals surface area contributed by atoms with Gasteiger partial charge in [0.15, 0.2) is 0 Å². The Hall–Kier alpha value is -1.80. The highest BCUT2D eigenvalue weighted by atomic mass is 14.3. The van der Waals surface area contributed by atoms with Crippen LogP contribution in [0.4, 0.5) is 0 Å². The molecule has 0 aliphatic carbocycles. The number of hydrogen-bond donors (Lipinski definition) is 0. The molecule has 0 aliphatic heterocycles. The Balaban J connectivity index is 3.53. The second kappa shape index (κ2) is 8.39. The molecular formula is C18H24N2. The highest BCUT2D eigenvalue weighted by Crippen LogP contribution is 2.27. The van der Waals surface area contributed by atoms with Crippen molar-refractivity contribution < 1.29 is 0 Å². The predicted octanol–water partition coefficient (Wildman–Crippen LogP) is 4.48. The smallest absolute Gasteiger partial charge is 0.0997 e. The molecule has 0 aliphatic rings. The summed E-state index contributed by atoms with van der Waals surface area (Å²) in [5.41, 5.74) is 5.53. The van der Waals surface area contributed by atoms with Gasteiger partial charge in [-0.1, -0.05) is 46.1 Å². The molecule has 0 heterocycles. The lowest BCUT2D eigenvalue weighted by Crippen LogP contribution is -2.07. The summed E-state index contributed by atoms with van der Waals surface area (Å²) in [5.74, 6) is 0. The fraction of sp³-hybridized carbons (Fsp3) is 0.556. The molecule has 1 aromatic carbocycles. The molecular weight excluding hydrogens is 244 g/mol. The summed E-state index contributed by atoms with van der Waals surface area (Å²) in [6.45, 7) is 6.43. The Kier molecular flexibility index (Phi) is 6.82. The minimum atomic E-state index is 0.422. The van der Waals surface area contributed by atoms with E-state index in [1.807, 2.05) is 0 Å². The fourth-order valence-electron chi connectivity index (χ4n) is 2.83. The van der Waals surface area contributed by atoms with Crippen LogP contribution < -0.4 is 0 Å². The normalized spacial score (nSPS) is 10.1. The molecule has 2 nitrogen and oxygen atoms in total. The molecule has 0 N–H and O–H groups in total. The van der Waals surface area contributed by atoms with Crippen LogP contribution in [-0.2, 0) is 25.7 Å². The van der Waals surface area contributed by atoms with E-state index in [-0.39, 0.29) is 0 Å². The van der Waals surface area contributed by atoms with E-state index in [2.05, 4.69) is 39.0 Å². The standard InChI is InChI=1S/C18H24N2/c1-4-7-14-12-15(8-5-2)18(13-20)17(9-6-3)16(14)10-11-19/h12H,4-10H2,1-3H3. The van der Waals surface area contributed by atoms with Crippen LogP contribution in [0.1, 0.15) is 67.9 Å². The van der Waals surface area contributed by atoms with E-state index >= 15 is 0 Å². The first kappa shape index (κ1) is 16.3. The molecule has 0 radical (unpaired) electrons. The molecule has 20 heavy (non-hydrogen) atoms. The second-order valence-corrected chi connectivity index (χ2v) is 5.22. The maximum atomic E-state index is 9.53. The third-order valence-electron chi connectivity index (χ3n) is 3.63. The minimum absolute atomic E-state index is 0.422. The highest BCUT2D eigenvalue weighted by molar-refractivity contribution is 5.53. The summed E-state index contributed by atoms with van der Waals surface area (Å²) in [6.07, 6.45) is 6.39. The molecule has 0 saturated carbocycles. The average Bonchev–Trinajstić information content (AvgIpc) is 2.44. The summed E-state index contributed by atoms with van der Waals surface area (Å²) < 4.78 is 0. The Morgan fingerprint density at radius 2 is 1.45 bits per heavy atom. The number of nitrogens with zero attached hydrogens (tertiary/aromatic N) is 2. The largest absolute Gasteiger partial charge is 0.198 e. The van der Waals surface area contributed by atoms with Crippen molar-refractivity contribution >= 4 is 0 Å². The molecule has 0 fully saturated rings. The summed E-state index contributed by atoms with van der Waals surface area (Å²) >= 11 is 0. The molecule has 0 atom stereocenters. The van der Waals surface area contributed by atoms with E-state index in [0.717, 1.165) is 55.2 Å². The third kappa shape index (κ3) is 3.61. The zero-order valence-electron chi connectivity index (χ0n) is 12.9. The van der Waals surface area contributed by atoms with Crippen LogP contribution in [0.15, 0.2) is 6.07 Å². The second-order valence-electron chi connectivity index (χ2n) is 5.22. The van der Waals surface area contributed by atoms with Crippen LogP contribution in [0.25, 0.3) is 0 Å². The first-order chi connectivity index (χ1) is 9.73. The molecule has 0 aromatic heterocycles. The van der Waals surface area contributed by atoms with Gasteiger partial charge in [0.05, 0.1) is 24.1 Å². The first-order valence-electron chi connectivity index (χ1n) is 7.66. The maximum absolute atomic E-state index is 9.53. The summed E-state index contributed by atoms with van der Waals surface area (Å²) in [4.78, 5) is 0. The van der Waals surface area contributed by atoms with Gasteiger partial charge in [-0.3, -0.25) is 0 Å². The van der Waals surface area contributed by atoms with Crippen LogP contribution in [0, 0.1) is 22.7 Å². The Morgan fingerprint density at radius 3 is 1.95 bits per heavy atom. The Labute approximate surface area is 123 Å². The molecule has 0 spiro atoms. The van der Waals surface area contributed by atoms with Crippen molar-refractivity contribution in [3.05, 3.63) is 33.9 Å². The molecule has 1 aromatic rings. The Bertz CT molecular complexity index is 530. The quantitative estimate of drug-likeness (QED) is 0.732. The summed E-state index contributed by atoms with van der Waals surface area (Å²) in [7, 11) is 0. The van der Waals surface area contributed by atoms with Gasteiger partial charge in [-0.05, 0) is 41.5 Å². The molecule has 0 bridgehead atoms.